The zero-order chi connectivity index (χ0) is 58.7. The predicted octanol–water partition coefficient (Wildman–Crippen LogP) is 23.8. The van der Waals surface area contributed by atoms with E-state index in [2.05, 4.69) is 13.8 Å². The maximum atomic E-state index is 12.8. The lowest BCUT2D eigenvalue weighted by atomic mass is 10.0. The molecule has 0 aliphatic rings. The first-order chi connectivity index (χ1) is 39.8. The van der Waals surface area contributed by atoms with Crippen LogP contribution in [-0.4, -0.2) is 49.3 Å². The maximum Gasteiger partial charge on any atom is 0.472 e. The number of unbranched alkanes of at least 4 members (excludes halogenated alkanes) is 58. The molecular formula is C71H142NO8P. The molecule has 0 bridgehead atoms. The number of hydrogen-bond acceptors (Lipinski definition) is 8. The first kappa shape index (κ1) is 80.0. The Morgan fingerprint density at radius 2 is 0.531 bits per heavy atom. The molecule has 0 radical (unpaired) electrons. The van der Waals surface area contributed by atoms with E-state index in [0.717, 1.165) is 32.1 Å². The number of ether oxygens (including phenoxy) is 2. The van der Waals surface area contributed by atoms with Crippen molar-refractivity contribution in [3.8, 4) is 0 Å². The van der Waals surface area contributed by atoms with Crippen LogP contribution in [0.15, 0.2) is 0 Å². The number of hydrogen-bond donors (Lipinski definition) is 2. The van der Waals surface area contributed by atoms with Gasteiger partial charge < -0.3 is 20.1 Å². The molecule has 10 heteroatoms. The summed E-state index contributed by atoms with van der Waals surface area (Å²) < 4.78 is 33.2. The van der Waals surface area contributed by atoms with E-state index in [1.54, 1.807) is 0 Å². The van der Waals surface area contributed by atoms with Gasteiger partial charge in [0.1, 0.15) is 6.61 Å². The average molecular weight is 1170 g/mol. The second-order valence-corrected chi connectivity index (χ2v) is 26.6. The molecule has 0 rings (SSSR count). The fraction of sp³-hybridized carbons (Fsp3) is 0.972. The molecule has 0 saturated heterocycles. The molecule has 3 N–H and O–H groups in total. The van der Waals surface area contributed by atoms with Gasteiger partial charge in [-0.1, -0.05) is 386 Å². The first-order valence-electron chi connectivity index (χ1n) is 36.5. The minimum absolute atomic E-state index is 0.0588. The van der Waals surface area contributed by atoms with Crippen molar-refractivity contribution in [1.82, 2.24) is 0 Å². The van der Waals surface area contributed by atoms with Crippen molar-refractivity contribution in [3.05, 3.63) is 0 Å². The van der Waals surface area contributed by atoms with Gasteiger partial charge in [-0.05, 0) is 12.8 Å². The van der Waals surface area contributed by atoms with Crippen LogP contribution in [0.1, 0.15) is 412 Å². The molecule has 0 heterocycles. The number of phosphoric acid groups is 1. The Morgan fingerprint density at radius 1 is 0.321 bits per heavy atom. The van der Waals surface area contributed by atoms with Crippen LogP contribution in [0.3, 0.4) is 0 Å². The maximum absolute atomic E-state index is 12.8. The Hall–Kier alpha value is -0.990. The lowest BCUT2D eigenvalue weighted by Gasteiger charge is -2.19. The van der Waals surface area contributed by atoms with Gasteiger partial charge in [-0.3, -0.25) is 18.6 Å². The van der Waals surface area contributed by atoms with E-state index in [-0.39, 0.29) is 32.1 Å². The SMILES string of the molecule is CCCCCCCCCCCCCCCCCCCCCCCCCCCCCCCCCCCCCCCC(=O)OC(COC(=O)CCCCCCCCCCCCCCCCCCCCCCCCC)COP(=O)(O)OCCN. The lowest BCUT2D eigenvalue weighted by Crippen LogP contribution is -2.29. The van der Waals surface area contributed by atoms with E-state index in [1.165, 1.54) is 347 Å². The number of phosphoric ester groups is 1. The normalized spacial score (nSPS) is 12.8. The van der Waals surface area contributed by atoms with Gasteiger partial charge in [-0.15, -0.1) is 0 Å². The summed E-state index contributed by atoms with van der Waals surface area (Å²) in [7, 11) is -4.39. The van der Waals surface area contributed by atoms with Crippen LogP contribution in [0.4, 0.5) is 0 Å². The van der Waals surface area contributed by atoms with Crippen molar-refractivity contribution < 1.29 is 37.6 Å². The molecule has 0 fully saturated rings. The molecule has 0 aromatic heterocycles. The summed E-state index contributed by atoms with van der Waals surface area (Å²) in [6.07, 6.45) is 80.9. The summed E-state index contributed by atoms with van der Waals surface area (Å²) in [6.45, 7) is 3.85. The van der Waals surface area contributed by atoms with Crippen molar-refractivity contribution in [1.29, 1.82) is 0 Å². The van der Waals surface area contributed by atoms with Crippen LogP contribution < -0.4 is 5.73 Å². The Labute approximate surface area is 505 Å². The third-order valence-electron chi connectivity index (χ3n) is 17.0. The van der Waals surface area contributed by atoms with E-state index >= 15 is 0 Å². The summed E-state index contributed by atoms with van der Waals surface area (Å²) in [5.41, 5.74) is 5.40. The van der Waals surface area contributed by atoms with Gasteiger partial charge in [0.05, 0.1) is 13.2 Å². The third kappa shape index (κ3) is 68.0. The second-order valence-electron chi connectivity index (χ2n) is 25.2. The van der Waals surface area contributed by atoms with Gasteiger partial charge in [0.25, 0.3) is 0 Å². The van der Waals surface area contributed by atoms with Gasteiger partial charge in [0.2, 0.25) is 0 Å². The highest BCUT2D eigenvalue weighted by Crippen LogP contribution is 2.43. The van der Waals surface area contributed by atoms with Gasteiger partial charge in [-0.25, -0.2) is 4.57 Å². The van der Waals surface area contributed by atoms with E-state index in [9.17, 15) is 19.0 Å². The molecule has 81 heavy (non-hydrogen) atoms. The van der Waals surface area contributed by atoms with E-state index in [4.69, 9.17) is 24.3 Å². The third-order valence-corrected chi connectivity index (χ3v) is 18.0. The van der Waals surface area contributed by atoms with Crippen LogP contribution in [0.25, 0.3) is 0 Å². The van der Waals surface area contributed by atoms with E-state index in [1.807, 2.05) is 0 Å². The highest BCUT2D eigenvalue weighted by Gasteiger charge is 2.26. The summed E-state index contributed by atoms with van der Waals surface area (Å²) in [5, 5.41) is 0. The molecule has 0 saturated carbocycles. The largest absolute Gasteiger partial charge is 0.472 e. The Kier molecular flexibility index (Phi) is 67.3. The second kappa shape index (κ2) is 68.1. The summed E-state index contributed by atoms with van der Waals surface area (Å²) in [5.74, 6) is -0.797. The summed E-state index contributed by atoms with van der Waals surface area (Å²) >= 11 is 0. The molecule has 9 nitrogen and oxygen atoms in total. The standard InChI is InChI=1S/C71H142NO8P/c1-3-5-7-9-11-13-15-17-19-21-23-25-27-28-29-30-31-32-33-34-35-36-37-38-39-40-42-44-46-48-50-52-54-56-58-60-62-64-71(74)80-69(68-79-81(75,76)78-66-65-72)67-77-70(73)63-61-59-57-55-53-51-49-47-45-43-41-26-24-22-20-18-16-14-12-10-8-6-4-2/h69H,3-68,72H2,1-2H3,(H,75,76). The van der Waals surface area contributed by atoms with Crippen molar-refractivity contribution in [2.45, 2.75) is 418 Å². The number of nitrogens with two attached hydrogens (primary N) is 1. The number of esters is 2. The summed E-state index contributed by atoms with van der Waals surface area (Å²) in [4.78, 5) is 35.3. The zero-order valence-corrected chi connectivity index (χ0v) is 55.5. The van der Waals surface area contributed by atoms with Gasteiger partial charge in [-0.2, -0.15) is 0 Å². The smallest absolute Gasteiger partial charge is 0.462 e. The molecule has 0 aliphatic carbocycles. The van der Waals surface area contributed by atoms with Crippen LogP contribution >= 0.6 is 7.82 Å². The predicted molar refractivity (Wildman–Crippen MR) is 349 cm³/mol. The molecule has 0 aromatic carbocycles. The molecule has 2 atom stereocenters. The monoisotopic (exact) mass is 1170 g/mol. The van der Waals surface area contributed by atoms with Crippen LogP contribution in [0.5, 0.6) is 0 Å². The van der Waals surface area contributed by atoms with E-state index in [0.29, 0.717) is 12.8 Å². The van der Waals surface area contributed by atoms with Crippen molar-refractivity contribution in [2.24, 2.45) is 5.73 Å². The number of carbonyl (C=O) groups excluding carboxylic acids is 2. The molecule has 0 spiro atoms. The molecular weight excluding hydrogens is 1030 g/mol. The molecule has 2 unspecified atom stereocenters. The minimum atomic E-state index is -4.39. The van der Waals surface area contributed by atoms with Crippen molar-refractivity contribution >= 4 is 19.8 Å². The topological polar surface area (TPSA) is 134 Å². The molecule has 0 amide bonds. The lowest BCUT2D eigenvalue weighted by molar-refractivity contribution is -0.161. The van der Waals surface area contributed by atoms with Gasteiger partial charge >= 0.3 is 19.8 Å². The highest BCUT2D eigenvalue weighted by molar-refractivity contribution is 7.47. The molecule has 0 aromatic rings. The molecule has 0 aliphatic heterocycles. The zero-order valence-electron chi connectivity index (χ0n) is 54.6. The van der Waals surface area contributed by atoms with Crippen LogP contribution in [-0.2, 0) is 32.7 Å². The van der Waals surface area contributed by atoms with Gasteiger partial charge in [0, 0.05) is 19.4 Å². The van der Waals surface area contributed by atoms with Crippen molar-refractivity contribution in [2.75, 3.05) is 26.4 Å². The van der Waals surface area contributed by atoms with Crippen LogP contribution in [0.2, 0.25) is 0 Å². The van der Waals surface area contributed by atoms with E-state index < -0.39 is 26.5 Å². The average Bonchev–Trinajstić information content (AvgIpc) is 3.46. The molecule has 484 valence electrons. The highest BCUT2D eigenvalue weighted by atomic mass is 31.2. The first-order valence-corrected chi connectivity index (χ1v) is 38.0. The summed E-state index contributed by atoms with van der Waals surface area (Å²) in [6, 6.07) is 0. The number of rotatable bonds is 71. The Morgan fingerprint density at radius 3 is 0.753 bits per heavy atom. The van der Waals surface area contributed by atoms with Crippen molar-refractivity contribution in [3.63, 3.8) is 0 Å². The number of carbonyl (C=O) groups is 2. The minimum Gasteiger partial charge on any atom is -0.462 e. The fourth-order valence-corrected chi connectivity index (χ4v) is 12.4. The Bertz CT molecular complexity index is 1290. The van der Waals surface area contributed by atoms with Gasteiger partial charge in [0.15, 0.2) is 6.10 Å². The fourth-order valence-electron chi connectivity index (χ4n) is 11.6. The quantitative estimate of drug-likeness (QED) is 0.0347. The van der Waals surface area contributed by atoms with Crippen LogP contribution in [0, 0.1) is 0 Å². The Balaban J connectivity index is 3.74.